The van der Waals surface area contributed by atoms with Crippen LogP contribution in [0.15, 0.2) is 24.3 Å². The summed E-state index contributed by atoms with van der Waals surface area (Å²) in [6, 6.07) is 10.4. The van der Waals surface area contributed by atoms with Crippen LogP contribution in [0.3, 0.4) is 0 Å². The number of fused-ring (bicyclic) bond motifs is 1. The minimum Gasteiger partial charge on any atom is -0.284 e. The van der Waals surface area contributed by atoms with Crippen LogP contribution < -0.4 is 0 Å². The molecule has 1 aromatic carbocycles. The zero-order valence-corrected chi connectivity index (χ0v) is 5.33. The van der Waals surface area contributed by atoms with Crippen molar-refractivity contribution < 1.29 is 0 Å². The van der Waals surface area contributed by atoms with Crippen LogP contribution in [-0.4, -0.2) is 9.78 Å². The fourth-order valence-electron chi connectivity index (χ4n) is 0.993. The quantitative estimate of drug-likeness (QED) is 0.520. The molecule has 0 atom stereocenters. The van der Waals surface area contributed by atoms with Crippen LogP contribution in [-0.2, 0) is 0 Å². The van der Waals surface area contributed by atoms with Gasteiger partial charge < -0.3 is 0 Å². The van der Waals surface area contributed by atoms with Crippen LogP contribution in [0.4, 0.5) is 0 Å². The molecule has 0 saturated carbocycles. The van der Waals surface area contributed by atoms with Crippen molar-refractivity contribution in [2.45, 2.75) is 0 Å². The second kappa shape index (κ2) is 1.68. The molecule has 2 aromatic rings. The lowest BCUT2D eigenvalue weighted by molar-refractivity contribution is 0.905. The SMILES string of the molecule is C#Cn1[nH]c2ccccc21. The van der Waals surface area contributed by atoms with Gasteiger partial charge in [0.2, 0.25) is 0 Å². The Morgan fingerprint density at radius 2 is 2.20 bits per heavy atom. The Kier molecular flexibility index (Phi) is 0.870. The smallest absolute Gasteiger partial charge is 0.0973 e. The van der Waals surface area contributed by atoms with Gasteiger partial charge in [0.25, 0.3) is 0 Å². The molecule has 2 rings (SSSR count). The number of hydrogen-bond donors (Lipinski definition) is 1. The minimum absolute atomic E-state index is 1.07. The van der Waals surface area contributed by atoms with Gasteiger partial charge >= 0.3 is 0 Å². The highest BCUT2D eigenvalue weighted by atomic mass is 15.3. The van der Waals surface area contributed by atoms with Gasteiger partial charge in [-0.3, -0.25) is 5.10 Å². The van der Waals surface area contributed by atoms with Gasteiger partial charge in [-0.2, -0.15) is 0 Å². The topological polar surface area (TPSA) is 20.7 Å². The van der Waals surface area contributed by atoms with E-state index in [1.165, 1.54) is 0 Å². The van der Waals surface area contributed by atoms with E-state index in [0.29, 0.717) is 0 Å². The maximum Gasteiger partial charge on any atom is 0.0973 e. The van der Waals surface area contributed by atoms with Crippen LogP contribution in [0.1, 0.15) is 0 Å². The number of rotatable bonds is 0. The van der Waals surface area contributed by atoms with Gasteiger partial charge in [-0.05, 0) is 12.1 Å². The molecule has 0 aliphatic rings. The number of nitrogens with zero attached hydrogens (tertiary/aromatic N) is 1. The molecule has 0 amide bonds. The molecule has 1 N–H and O–H groups in total. The fourth-order valence-corrected chi connectivity index (χ4v) is 0.993. The summed E-state index contributed by atoms with van der Waals surface area (Å²) >= 11 is 0. The highest BCUT2D eigenvalue weighted by molar-refractivity contribution is 5.77. The third kappa shape index (κ3) is 0.492. The second-order valence-electron chi connectivity index (χ2n) is 2.09. The van der Waals surface area contributed by atoms with Crippen LogP contribution in [0.2, 0.25) is 0 Å². The summed E-state index contributed by atoms with van der Waals surface area (Å²) in [5.74, 6) is 0. The summed E-state index contributed by atoms with van der Waals surface area (Å²) in [6.45, 7) is 0. The van der Waals surface area contributed by atoms with E-state index >= 15 is 0 Å². The summed E-state index contributed by atoms with van der Waals surface area (Å²) in [4.78, 5) is 0. The lowest BCUT2D eigenvalue weighted by Crippen LogP contribution is -2.03. The fraction of sp³-hybridized carbons (Fsp3) is 0. The number of H-pyrrole nitrogens is 1. The molecular formula is C8H6N2. The van der Waals surface area contributed by atoms with Crippen molar-refractivity contribution in [3.8, 4) is 12.5 Å². The third-order valence-electron chi connectivity index (χ3n) is 1.51. The number of benzene rings is 1. The first-order valence-corrected chi connectivity index (χ1v) is 3.04. The van der Waals surface area contributed by atoms with E-state index in [9.17, 15) is 0 Å². The molecule has 0 bridgehead atoms. The van der Waals surface area contributed by atoms with Gasteiger partial charge in [-0.1, -0.05) is 18.6 Å². The van der Waals surface area contributed by atoms with E-state index in [4.69, 9.17) is 6.42 Å². The first-order valence-electron chi connectivity index (χ1n) is 3.04. The van der Waals surface area contributed by atoms with E-state index in [1.54, 1.807) is 4.68 Å². The minimum atomic E-state index is 1.07. The molecule has 0 radical (unpaired) electrons. The first kappa shape index (κ1) is 5.19. The van der Waals surface area contributed by atoms with Crippen LogP contribution in [0, 0.1) is 12.5 Å². The number of aromatic amines is 1. The molecule has 2 nitrogen and oxygen atoms in total. The highest BCUT2D eigenvalue weighted by Gasteiger charge is 1.98. The monoisotopic (exact) mass is 130 g/mol. The van der Waals surface area contributed by atoms with Crippen LogP contribution >= 0.6 is 0 Å². The lowest BCUT2D eigenvalue weighted by Gasteiger charge is -2.08. The highest BCUT2D eigenvalue weighted by Crippen LogP contribution is 2.11. The Hall–Kier alpha value is -1.62. The summed E-state index contributed by atoms with van der Waals surface area (Å²) in [6.07, 6.45) is 5.16. The number of nitrogens with one attached hydrogen (secondary N) is 1. The standard InChI is InChI=1S/C8H6N2/c1-2-10-8-6-4-3-5-7(8)9-10/h1,3-6,9H. The van der Waals surface area contributed by atoms with Crippen molar-refractivity contribution in [3.63, 3.8) is 0 Å². The van der Waals surface area contributed by atoms with E-state index < -0.39 is 0 Å². The first-order chi connectivity index (χ1) is 4.92. The molecule has 2 heteroatoms. The largest absolute Gasteiger partial charge is 0.284 e. The van der Waals surface area contributed by atoms with Gasteiger partial charge in [0.15, 0.2) is 0 Å². The van der Waals surface area contributed by atoms with Crippen molar-refractivity contribution in [2.75, 3.05) is 0 Å². The molecule has 0 fully saturated rings. The van der Waals surface area contributed by atoms with Gasteiger partial charge in [-0.15, -0.1) is 0 Å². The lowest BCUT2D eigenvalue weighted by atomic mass is 10.3. The normalized spacial score (nSPS) is 9.90. The molecule has 0 spiro atoms. The molecule has 0 aliphatic heterocycles. The molecule has 0 unspecified atom stereocenters. The third-order valence-corrected chi connectivity index (χ3v) is 1.51. The van der Waals surface area contributed by atoms with Crippen LogP contribution in [0.5, 0.6) is 0 Å². The van der Waals surface area contributed by atoms with E-state index in [0.717, 1.165) is 11.0 Å². The molecule has 1 aromatic heterocycles. The van der Waals surface area contributed by atoms with Crippen molar-refractivity contribution >= 4 is 11.0 Å². The predicted octanol–water partition coefficient (Wildman–Crippen LogP) is 1.41. The summed E-state index contributed by atoms with van der Waals surface area (Å²) in [5.41, 5.74) is 2.17. The Bertz CT molecular complexity index is 386. The zero-order valence-electron chi connectivity index (χ0n) is 5.33. The Balaban J connectivity index is 2.75. The van der Waals surface area contributed by atoms with Gasteiger partial charge in [-0.25, -0.2) is 4.68 Å². The molecule has 10 heavy (non-hydrogen) atoms. The summed E-state index contributed by atoms with van der Waals surface area (Å²) in [7, 11) is 0. The average molecular weight is 130 g/mol. The Labute approximate surface area is 58.4 Å². The number of terminal acetylenes is 1. The van der Waals surface area contributed by atoms with Crippen molar-refractivity contribution in [3.05, 3.63) is 24.3 Å². The maximum absolute atomic E-state index is 5.16. The number of hydrogen-bond acceptors (Lipinski definition) is 0. The zero-order chi connectivity index (χ0) is 6.97. The number of aromatic nitrogens is 2. The second-order valence-corrected chi connectivity index (χ2v) is 2.09. The molecule has 0 aliphatic carbocycles. The van der Waals surface area contributed by atoms with Gasteiger partial charge in [0, 0.05) is 6.04 Å². The average Bonchev–Trinajstić information content (AvgIpc) is 1.92. The van der Waals surface area contributed by atoms with Gasteiger partial charge in [0.1, 0.15) is 0 Å². The Morgan fingerprint density at radius 1 is 1.40 bits per heavy atom. The number of para-hydroxylation sites is 2. The summed E-state index contributed by atoms with van der Waals surface area (Å²) in [5, 5.41) is 2.97. The molecule has 48 valence electrons. The Morgan fingerprint density at radius 3 is 2.90 bits per heavy atom. The van der Waals surface area contributed by atoms with E-state index in [1.807, 2.05) is 24.3 Å². The van der Waals surface area contributed by atoms with Crippen molar-refractivity contribution in [1.29, 1.82) is 0 Å². The maximum atomic E-state index is 5.16. The van der Waals surface area contributed by atoms with Gasteiger partial charge in [0.05, 0.1) is 11.0 Å². The molecule has 1 heterocycles. The van der Waals surface area contributed by atoms with E-state index in [-0.39, 0.29) is 0 Å². The van der Waals surface area contributed by atoms with E-state index in [2.05, 4.69) is 11.1 Å². The van der Waals surface area contributed by atoms with Crippen molar-refractivity contribution in [1.82, 2.24) is 9.78 Å². The van der Waals surface area contributed by atoms with Crippen molar-refractivity contribution in [2.24, 2.45) is 0 Å². The van der Waals surface area contributed by atoms with Crippen LogP contribution in [0.25, 0.3) is 11.0 Å². The molecule has 0 saturated heterocycles. The predicted molar refractivity (Wildman–Crippen MR) is 40.5 cm³/mol. The summed E-state index contributed by atoms with van der Waals surface area (Å²) < 4.78 is 1.65. The molecular weight excluding hydrogens is 124 g/mol.